The number of urea groups is 1. The number of esters is 1. The van der Waals surface area contributed by atoms with E-state index in [1.165, 1.54) is 19.1 Å². The SMILES string of the molecule is COC(=O)c1scc(-c2ccc(C#C[C@]3(CN4Cc5ccc(OC)cc5C4=O)NC(=O)NC3=O)cc2)c1O. The lowest BCUT2D eigenvalue weighted by molar-refractivity contribution is -0.122. The first-order valence-corrected chi connectivity index (χ1v) is 12.2. The Kier molecular flexibility index (Phi) is 6.26. The van der Waals surface area contributed by atoms with E-state index in [0.29, 0.717) is 28.0 Å². The Morgan fingerprint density at radius 2 is 1.89 bits per heavy atom. The fraction of sp³-hybridized carbons (Fsp3) is 0.185. The van der Waals surface area contributed by atoms with E-state index in [1.807, 2.05) is 0 Å². The van der Waals surface area contributed by atoms with Gasteiger partial charge in [-0.3, -0.25) is 14.9 Å². The van der Waals surface area contributed by atoms with Gasteiger partial charge in [0.1, 0.15) is 11.5 Å². The molecule has 1 aromatic heterocycles. The van der Waals surface area contributed by atoms with E-state index in [0.717, 1.165) is 16.9 Å². The highest BCUT2D eigenvalue weighted by atomic mass is 32.1. The number of benzene rings is 2. The molecule has 2 aliphatic rings. The van der Waals surface area contributed by atoms with Crippen LogP contribution in [0.4, 0.5) is 4.79 Å². The van der Waals surface area contributed by atoms with Crippen molar-refractivity contribution in [3.05, 3.63) is 69.4 Å². The Hall–Kier alpha value is -4.82. The van der Waals surface area contributed by atoms with E-state index >= 15 is 0 Å². The third-order valence-electron chi connectivity index (χ3n) is 6.32. The molecule has 0 bridgehead atoms. The van der Waals surface area contributed by atoms with Crippen LogP contribution in [0.15, 0.2) is 47.8 Å². The summed E-state index contributed by atoms with van der Waals surface area (Å²) in [6.07, 6.45) is 0. The minimum Gasteiger partial charge on any atom is -0.505 e. The number of carbonyl (C=O) groups excluding carboxylic acids is 4. The highest BCUT2D eigenvalue weighted by Crippen LogP contribution is 2.37. The summed E-state index contributed by atoms with van der Waals surface area (Å²) in [5.41, 5.74) is 1.27. The lowest BCUT2D eigenvalue weighted by atomic mass is 9.98. The van der Waals surface area contributed by atoms with Crippen molar-refractivity contribution < 1.29 is 33.8 Å². The molecule has 4 amide bonds. The van der Waals surface area contributed by atoms with Crippen LogP contribution in [0.3, 0.4) is 0 Å². The van der Waals surface area contributed by atoms with Crippen LogP contribution >= 0.6 is 11.3 Å². The van der Waals surface area contributed by atoms with Gasteiger partial charge >= 0.3 is 12.0 Å². The van der Waals surface area contributed by atoms with Crippen molar-refractivity contribution in [2.45, 2.75) is 12.1 Å². The zero-order valence-electron chi connectivity index (χ0n) is 20.3. The number of amides is 4. The molecule has 0 unspecified atom stereocenters. The predicted octanol–water partition coefficient (Wildman–Crippen LogP) is 2.50. The maximum absolute atomic E-state index is 13.0. The van der Waals surface area contributed by atoms with E-state index in [4.69, 9.17) is 4.74 Å². The number of ether oxygens (including phenoxy) is 2. The van der Waals surface area contributed by atoms with Gasteiger partial charge in [-0.2, -0.15) is 0 Å². The highest BCUT2D eigenvalue weighted by Gasteiger charge is 2.48. The van der Waals surface area contributed by atoms with Crippen molar-refractivity contribution in [3.63, 3.8) is 0 Å². The summed E-state index contributed by atoms with van der Waals surface area (Å²) in [4.78, 5) is 51.3. The second-order valence-electron chi connectivity index (χ2n) is 8.64. The van der Waals surface area contributed by atoms with Crippen molar-refractivity contribution >= 4 is 35.2 Å². The van der Waals surface area contributed by atoms with Crippen LogP contribution in [0.5, 0.6) is 11.5 Å². The topological polar surface area (TPSA) is 134 Å². The molecule has 1 saturated heterocycles. The van der Waals surface area contributed by atoms with E-state index < -0.39 is 23.4 Å². The Morgan fingerprint density at radius 1 is 1.13 bits per heavy atom. The Labute approximate surface area is 221 Å². The maximum Gasteiger partial charge on any atom is 0.351 e. The number of hydrogen-bond donors (Lipinski definition) is 3. The first kappa shape index (κ1) is 24.9. The number of thiophene rings is 1. The van der Waals surface area contributed by atoms with Gasteiger partial charge in [0.2, 0.25) is 5.54 Å². The number of hydrogen-bond acceptors (Lipinski definition) is 8. The van der Waals surface area contributed by atoms with Gasteiger partial charge in [-0.25, -0.2) is 9.59 Å². The standard InChI is InChI=1S/C27H21N3O7S/c1-36-18-8-7-17-12-30(23(32)19(17)11-18)14-27(25(34)28-26(35)29-27)10-9-15-3-5-16(6-4-15)20-13-38-22(21(20)31)24(33)37-2/h3-8,11,13,31H,12,14H2,1-2H3,(H2,28,29,34,35)/t27-/m1/s1. The number of nitrogens with zero attached hydrogens (tertiary/aromatic N) is 1. The molecule has 192 valence electrons. The molecule has 0 radical (unpaired) electrons. The van der Waals surface area contributed by atoms with Crippen molar-refractivity contribution in [2.24, 2.45) is 0 Å². The zero-order chi connectivity index (χ0) is 27.0. The molecule has 0 spiro atoms. The zero-order valence-corrected chi connectivity index (χ0v) is 21.1. The molecule has 11 heteroatoms. The number of rotatable bonds is 5. The summed E-state index contributed by atoms with van der Waals surface area (Å²) < 4.78 is 9.88. The van der Waals surface area contributed by atoms with Gasteiger partial charge in [-0.05, 0) is 35.4 Å². The quantitative estimate of drug-likeness (QED) is 0.262. The molecule has 3 aromatic rings. The minimum absolute atomic E-state index is 0.105. The van der Waals surface area contributed by atoms with Crippen molar-refractivity contribution in [1.29, 1.82) is 0 Å². The molecular formula is C27H21N3O7S. The van der Waals surface area contributed by atoms with Crippen LogP contribution in [0.1, 0.15) is 31.2 Å². The molecule has 38 heavy (non-hydrogen) atoms. The molecule has 2 aliphatic heterocycles. The summed E-state index contributed by atoms with van der Waals surface area (Å²) in [7, 11) is 2.75. The van der Waals surface area contributed by atoms with E-state index in [9.17, 15) is 24.3 Å². The average Bonchev–Trinajstić information content (AvgIpc) is 3.55. The van der Waals surface area contributed by atoms with E-state index in [1.54, 1.807) is 47.8 Å². The summed E-state index contributed by atoms with van der Waals surface area (Å²) in [5.74, 6) is 4.59. The van der Waals surface area contributed by atoms with Crippen LogP contribution in [-0.2, 0) is 16.1 Å². The molecule has 3 N–H and O–H groups in total. The molecule has 2 aromatic carbocycles. The van der Waals surface area contributed by atoms with Gasteiger partial charge in [0.15, 0.2) is 4.88 Å². The van der Waals surface area contributed by atoms with Crippen LogP contribution in [-0.4, -0.2) is 60.1 Å². The fourth-order valence-corrected chi connectivity index (χ4v) is 5.20. The summed E-state index contributed by atoms with van der Waals surface area (Å²) in [6.45, 7) is 0.113. The second-order valence-corrected chi connectivity index (χ2v) is 9.52. The Morgan fingerprint density at radius 3 is 2.55 bits per heavy atom. The van der Waals surface area contributed by atoms with Crippen molar-refractivity contribution in [1.82, 2.24) is 15.5 Å². The molecule has 3 heterocycles. The minimum atomic E-state index is -1.64. The molecular weight excluding hydrogens is 510 g/mol. The number of imide groups is 1. The van der Waals surface area contributed by atoms with Crippen molar-refractivity contribution in [2.75, 3.05) is 20.8 Å². The van der Waals surface area contributed by atoms with E-state index in [2.05, 4.69) is 27.2 Å². The predicted molar refractivity (Wildman–Crippen MR) is 137 cm³/mol. The largest absolute Gasteiger partial charge is 0.505 e. The first-order valence-electron chi connectivity index (χ1n) is 11.4. The molecule has 10 nitrogen and oxygen atoms in total. The van der Waals surface area contributed by atoms with Crippen LogP contribution in [0.25, 0.3) is 11.1 Å². The van der Waals surface area contributed by atoms with Gasteiger partial charge in [-0.1, -0.05) is 30.0 Å². The summed E-state index contributed by atoms with van der Waals surface area (Å²) in [6, 6.07) is 11.3. The lowest BCUT2D eigenvalue weighted by Crippen LogP contribution is -2.54. The molecule has 5 rings (SSSR count). The molecule has 0 aliphatic carbocycles. The third kappa shape index (κ3) is 4.31. The third-order valence-corrected chi connectivity index (χ3v) is 7.27. The molecule has 1 atom stereocenters. The van der Waals surface area contributed by atoms with Gasteiger partial charge in [0, 0.05) is 28.6 Å². The lowest BCUT2D eigenvalue weighted by Gasteiger charge is -2.26. The Bertz CT molecular complexity index is 1550. The number of nitrogens with one attached hydrogen (secondary N) is 2. The first-order chi connectivity index (χ1) is 18.2. The number of carbonyl (C=O) groups is 4. The number of methoxy groups -OCH3 is 2. The van der Waals surface area contributed by atoms with Gasteiger partial charge in [0.05, 0.1) is 20.8 Å². The smallest absolute Gasteiger partial charge is 0.351 e. The monoisotopic (exact) mass is 531 g/mol. The second kappa shape index (κ2) is 9.57. The fourth-order valence-electron chi connectivity index (χ4n) is 4.32. The van der Waals surface area contributed by atoms with Crippen LogP contribution < -0.4 is 15.4 Å². The summed E-state index contributed by atoms with van der Waals surface area (Å²) >= 11 is 1.07. The van der Waals surface area contributed by atoms with Crippen LogP contribution in [0, 0.1) is 11.8 Å². The molecule has 1 fully saturated rings. The normalized spacial score (nSPS) is 17.8. The average molecular weight is 532 g/mol. The van der Waals surface area contributed by atoms with Crippen LogP contribution in [0.2, 0.25) is 0 Å². The summed E-state index contributed by atoms with van der Waals surface area (Å²) in [5, 5.41) is 16.8. The van der Waals surface area contributed by atoms with Gasteiger partial charge < -0.3 is 24.8 Å². The Balaban J connectivity index is 1.40. The highest BCUT2D eigenvalue weighted by molar-refractivity contribution is 7.12. The van der Waals surface area contributed by atoms with Crippen molar-refractivity contribution in [3.8, 4) is 34.5 Å². The number of aromatic hydroxyl groups is 1. The van der Waals surface area contributed by atoms with Gasteiger partial charge in [0.25, 0.3) is 11.8 Å². The number of fused-ring (bicyclic) bond motifs is 1. The molecule has 0 saturated carbocycles. The van der Waals surface area contributed by atoms with Gasteiger partial charge in [-0.15, -0.1) is 11.3 Å². The maximum atomic E-state index is 13.0. The van der Waals surface area contributed by atoms with E-state index in [-0.39, 0.29) is 29.6 Å².